The quantitative estimate of drug-likeness (QED) is 0.839. The maximum Gasteiger partial charge on any atom is 0.242 e. The molecule has 1 aliphatic heterocycles. The van der Waals surface area contributed by atoms with Crippen molar-refractivity contribution in [2.24, 2.45) is 5.41 Å². The van der Waals surface area contributed by atoms with Crippen molar-refractivity contribution in [1.82, 2.24) is 10.6 Å². The maximum atomic E-state index is 12.1. The molecule has 0 saturated heterocycles. The third-order valence-electron chi connectivity index (χ3n) is 3.93. The van der Waals surface area contributed by atoms with Gasteiger partial charge in [-0.25, -0.2) is 0 Å². The minimum absolute atomic E-state index is 0.0858. The first-order valence-corrected chi connectivity index (χ1v) is 8.56. The molecule has 1 aliphatic rings. The molecule has 0 fully saturated rings. The number of carbonyl (C=O) groups excluding carboxylic acids is 2. The molecule has 0 bridgehead atoms. The van der Waals surface area contributed by atoms with E-state index in [-0.39, 0.29) is 17.2 Å². The monoisotopic (exact) mass is 332 g/mol. The highest BCUT2D eigenvalue weighted by molar-refractivity contribution is 5.87. The lowest BCUT2D eigenvalue weighted by atomic mass is 9.92. The van der Waals surface area contributed by atoms with Crippen molar-refractivity contribution in [2.45, 2.75) is 53.0 Å². The van der Waals surface area contributed by atoms with E-state index in [1.165, 1.54) is 11.1 Å². The van der Waals surface area contributed by atoms with Gasteiger partial charge in [0.2, 0.25) is 11.8 Å². The van der Waals surface area contributed by atoms with Crippen molar-refractivity contribution in [3.8, 4) is 5.75 Å². The molecule has 5 nitrogen and oxygen atoms in total. The lowest BCUT2D eigenvalue weighted by molar-refractivity contribution is -0.129. The van der Waals surface area contributed by atoms with Gasteiger partial charge in [-0.2, -0.15) is 0 Å². The molecule has 24 heavy (non-hydrogen) atoms. The number of hydrogen-bond donors (Lipinski definition) is 2. The highest BCUT2D eigenvalue weighted by Crippen LogP contribution is 2.25. The fourth-order valence-corrected chi connectivity index (χ4v) is 2.72. The topological polar surface area (TPSA) is 67.4 Å². The number of nitrogens with one attached hydrogen (secondary N) is 2. The predicted octanol–water partition coefficient (Wildman–Crippen LogP) is 2.22. The van der Waals surface area contributed by atoms with Crippen molar-refractivity contribution in [3.63, 3.8) is 0 Å². The summed E-state index contributed by atoms with van der Waals surface area (Å²) in [6, 6.07) is 5.65. The summed E-state index contributed by atoms with van der Waals surface area (Å²) in [6.45, 7) is 9.01. The van der Waals surface area contributed by atoms with Crippen molar-refractivity contribution < 1.29 is 14.3 Å². The zero-order chi connectivity index (χ0) is 17.7. The largest absolute Gasteiger partial charge is 0.493 e. The van der Waals surface area contributed by atoms with Crippen molar-refractivity contribution >= 4 is 11.8 Å². The molecule has 0 unspecified atom stereocenters. The van der Waals surface area contributed by atoms with Crippen LogP contribution in [0.2, 0.25) is 0 Å². The molecule has 2 N–H and O–H groups in total. The van der Waals surface area contributed by atoms with Crippen LogP contribution in [0.5, 0.6) is 5.75 Å². The lowest BCUT2D eigenvalue weighted by Crippen LogP contribution is -2.46. The third kappa shape index (κ3) is 5.55. The molecule has 1 aromatic rings. The zero-order valence-corrected chi connectivity index (χ0v) is 15.1. The highest BCUT2D eigenvalue weighted by Gasteiger charge is 2.20. The van der Waals surface area contributed by atoms with Crippen LogP contribution in [0.15, 0.2) is 18.2 Å². The second-order valence-electron chi connectivity index (χ2n) is 7.61. The van der Waals surface area contributed by atoms with Gasteiger partial charge in [-0.05, 0) is 36.0 Å². The van der Waals surface area contributed by atoms with Gasteiger partial charge in [0, 0.05) is 19.4 Å². The van der Waals surface area contributed by atoms with Gasteiger partial charge in [0.05, 0.1) is 6.61 Å². The van der Waals surface area contributed by atoms with E-state index in [0.29, 0.717) is 13.0 Å². The number of hydrogen-bond acceptors (Lipinski definition) is 3. The number of ether oxygens (including phenoxy) is 1. The lowest BCUT2D eigenvalue weighted by Gasteiger charge is -2.20. The Morgan fingerprint density at radius 2 is 2.04 bits per heavy atom. The summed E-state index contributed by atoms with van der Waals surface area (Å²) >= 11 is 0. The second-order valence-corrected chi connectivity index (χ2v) is 7.61. The van der Waals surface area contributed by atoms with Gasteiger partial charge in [-0.1, -0.05) is 32.9 Å². The molecule has 0 radical (unpaired) electrons. The van der Waals surface area contributed by atoms with Crippen LogP contribution in [0.1, 0.15) is 45.2 Å². The molecular weight excluding hydrogens is 304 g/mol. The van der Waals surface area contributed by atoms with Gasteiger partial charge in [0.15, 0.2) is 0 Å². The summed E-state index contributed by atoms with van der Waals surface area (Å²) < 4.78 is 5.49. The van der Waals surface area contributed by atoms with E-state index in [0.717, 1.165) is 25.2 Å². The van der Waals surface area contributed by atoms with Crippen molar-refractivity contribution in [2.75, 3.05) is 13.2 Å². The normalized spacial score (nSPS) is 14.5. The Morgan fingerprint density at radius 1 is 1.29 bits per heavy atom. The van der Waals surface area contributed by atoms with Crippen LogP contribution in [-0.2, 0) is 22.4 Å². The second kappa shape index (κ2) is 7.69. The minimum atomic E-state index is -0.520. The van der Waals surface area contributed by atoms with Gasteiger partial charge in [0.25, 0.3) is 0 Å². The molecule has 2 rings (SSSR count). The molecule has 1 atom stereocenters. The number of fused-ring (bicyclic) bond motifs is 1. The zero-order valence-electron chi connectivity index (χ0n) is 15.1. The molecule has 0 saturated carbocycles. The van der Waals surface area contributed by atoms with E-state index in [1.807, 2.05) is 32.9 Å². The van der Waals surface area contributed by atoms with Gasteiger partial charge >= 0.3 is 0 Å². The molecule has 2 amide bonds. The van der Waals surface area contributed by atoms with Crippen LogP contribution in [0, 0.1) is 5.41 Å². The van der Waals surface area contributed by atoms with Crippen molar-refractivity contribution in [1.29, 1.82) is 0 Å². The molecule has 1 aromatic carbocycles. The maximum absolute atomic E-state index is 12.1. The molecular formula is C19H28N2O3. The first-order chi connectivity index (χ1) is 11.2. The Balaban J connectivity index is 1.73. The molecule has 0 aromatic heterocycles. The van der Waals surface area contributed by atoms with E-state index in [4.69, 9.17) is 4.74 Å². The number of carbonyl (C=O) groups is 2. The Bertz CT molecular complexity index is 605. The number of rotatable bonds is 6. The molecule has 5 heteroatoms. The highest BCUT2D eigenvalue weighted by atomic mass is 16.5. The summed E-state index contributed by atoms with van der Waals surface area (Å²) in [5.41, 5.74) is 2.34. The average molecular weight is 332 g/mol. The van der Waals surface area contributed by atoms with E-state index in [1.54, 1.807) is 6.92 Å². The fraction of sp³-hybridized carbons (Fsp3) is 0.579. The standard InChI is InChI=1S/C19H28N2O3/c1-13(21-17(22)12-19(2,3)4)18(23)20-9-7-14-5-6-16-15(11-14)8-10-24-16/h5-6,11,13H,7-10,12H2,1-4H3,(H,20,23)(H,21,22)/t13-/m1/s1. The SMILES string of the molecule is C[C@@H](NC(=O)CC(C)(C)C)C(=O)NCCc1ccc2c(c1)CCO2. The Hall–Kier alpha value is -2.04. The Morgan fingerprint density at radius 3 is 2.75 bits per heavy atom. The molecule has 0 aliphatic carbocycles. The number of benzene rings is 1. The van der Waals surface area contributed by atoms with Crippen LogP contribution in [0.3, 0.4) is 0 Å². The van der Waals surface area contributed by atoms with Gasteiger partial charge in [-0.3, -0.25) is 9.59 Å². The summed E-state index contributed by atoms with van der Waals surface area (Å²) in [6.07, 6.45) is 2.12. The van der Waals surface area contributed by atoms with Crippen LogP contribution in [0.25, 0.3) is 0 Å². The van der Waals surface area contributed by atoms with Crippen LogP contribution in [0.4, 0.5) is 0 Å². The average Bonchev–Trinajstić information content (AvgIpc) is 2.92. The Kier molecular flexibility index (Phi) is 5.86. The molecule has 132 valence electrons. The Labute approximate surface area is 144 Å². The first kappa shape index (κ1) is 18.3. The first-order valence-electron chi connectivity index (χ1n) is 8.56. The summed E-state index contributed by atoms with van der Waals surface area (Å²) in [5, 5.41) is 5.63. The van der Waals surface area contributed by atoms with Gasteiger partial charge in [0.1, 0.15) is 11.8 Å². The van der Waals surface area contributed by atoms with Crippen LogP contribution < -0.4 is 15.4 Å². The van der Waals surface area contributed by atoms with Crippen molar-refractivity contribution in [3.05, 3.63) is 29.3 Å². The number of amides is 2. The van der Waals surface area contributed by atoms with Gasteiger partial charge < -0.3 is 15.4 Å². The van der Waals surface area contributed by atoms with Gasteiger partial charge in [-0.15, -0.1) is 0 Å². The molecule has 0 spiro atoms. The molecule has 1 heterocycles. The van der Waals surface area contributed by atoms with Crippen LogP contribution >= 0.6 is 0 Å². The fourth-order valence-electron chi connectivity index (χ4n) is 2.72. The predicted molar refractivity (Wildman–Crippen MR) is 94.0 cm³/mol. The summed E-state index contributed by atoms with van der Waals surface area (Å²) in [4.78, 5) is 23.9. The third-order valence-corrected chi connectivity index (χ3v) is 3.93. The smallest absolute Gasteiger partial charge is 0.242 e. The van der Waals surface area contributed by atoms with E-state index >= 15 is 0 Å². The van der Waals surface area contributed by atoms with E-state index in [9.17, 15) is 9.59 Å². The summed E-state index contributed by atoms with van der Waals surface area (Å²) in [7, 11) is 0. The van der Waals surface area contributed by atoms with Crippen LogP contribution in [-0.4, -0.2) is 31.0 Å². The minimum Gasteiger partial charge on any atom is -0.493 e. The van der Waals surface area contributed by atoms with E-state index < -0.39 is 6.04 Å². The summed E-state index contributed by atoms with van der Waals surface area (Å²) in [5.74, 6) is 0.725. The van der Waals surface area contributed by atoms with E-state index in [2.05, 4.69) is 16.7 Å².